The van der Waals surface area contributed by atoms with Crippen LogP contribution in [-0.4, -0.2) is 50.6 Å². The highest BCUT2D eigenvalue weighted by Gasteiger charge is 2.06. The van der Waals surface area contributed by atoms with Gasteiger partial charge in [0.25, 0.3) is 0 Å². The van der Waals surface area contributed by atoms with Crippen molar-refractivity contribution >= 4 is 17.7 Å². The number of aliphatic imine (C=N–C) groups is 1. The molecule has 1 heterocycles. The van der Waals surface area contributed by atoms with E-state index >= 15 is 0 Å². The van der Waals surface area contributed by atoms with Crippen molar-refractivity contribution in [1.82, 2.24) is 4.90 Å². The summed E-state index contributed by atoms with van der Waals surface area (Å²) in [4.78, 5) is 9.03. The van der Waals surface area contributed by atoms with E-state index in [2.05, 4.69) is 52.9 Å². The van der Waals surface area contributed by atoms with E-state index in [-0.39, 0.29) is 0 Å². The Labute approximate surface area is 115 Å². The molecule has 0 radical (unpaired) electrons. The largest absolute Gasteiger partial charge is 0.378 e. The molecule has 1 fully saturated rings. The number of anilines is 1. The summed E-state index contributed by atoms with van der Waals surface area (Å²) in [6.45, 7) is 9.88. The van der Waals surface area contributed by atoms with E-state index < -0.39 is 0 Å². The second-order valence-electron chi connectivity index (χ2n) is 4.58. The first kappa shape index (κ1) is 13.9. The summed E-state index contributed by atoms with van der Waals surface area (Å²) < 4.78 is 5.31. The van der Waals surface area contributed by atoms with Crippen molar-refractivity contribution in [2.24, 2.45) is 4.99 Å². The maximum absolute atomic E-state index is 5.31. The maximum Gasteiger partial charge on any atom is 0.0913 e. The molecular weight excluding hydrogens is 238 g/mol. The molecular formula is C15H23N3O. The molecule has 0 atom stereocenters. The zero-order valence-corrected chi connectivity index (χ0v) is 11.9. The average Bonchev–Trinajstić information content (AvgIpc) is 2.49. The summed E-state index contributed by atoms with van der Waals surface area (Å²) in [5.41, 5.74) is 2.26. The van der Waals surface area contributed by atoms with Gasteiger partial charge in [-0.15, -0.1) is 0 Å². The minimum absolute atomic E-state index is 0.799. The number of nitrogens with zero attached hydrogens (tertiary/aromatic N) is 3. The minimum atomic E-state index is 0.799. The van der Waals surface area contributed by atoms with Crippen LogP contribution in [0.25, 0.3) is 0 Å². The molecule has 1 aromatic rings. The molecule has 0 bridgehead atoms. The molecule has 1 aromatic carbocycles. The van der Waals surface area contributed by atoms with Crippen molar-refractivity contribution < 1.29 is 4.74 Å². The smallest absolute Gasteiger partial charge is 0.0913 e. The molecule has 0 spiro atoms. The van der Waals surface area contributed by atoms with E-state index in [9.17, 15) is 0 Å². The lowest BCUT2D eigenvalue weighted by Crippen LogP contribution is -2.34. The molecule has 1 aliphatic rings. The highest BCUT2D eigenvalue weighted by atomic mass is 16.5. The predicted molar refractivity (Wildman–Crippen MR) is 80.5 cm³/mol. The van der Waals surface area contributed by atoms with Gasteiger partial charge in [-0.25, -0.2) is 4.99 Å². The summed E-state index contributed by atoms with van der Waals surface area (Å²) in [5, 5.41) is 0. The number of morpholine rings is 1. The Balaban J connectivity index is 1.96. The molecule has 104 valence electrons. The number of ether oxygens (including phenoxy) is 1. The van der Waals surface area contributed by atoms with Gasteiger partial charge in [-0.2, -0.15) is 0 Å². The van der Waals surface area contributed by atoms with Crippen molar-refractivity contribution in [2.75, 3.05) is 44.3 Å². The van der Waals surface area contributed by atoms with Crippen LogP contribution in [0.3, 0.4) is 0 Å². The maximum atomic E-state index is 5.31. The zero-order chi connectivity index (χ0) is 13.5. The second kappa shape index (κ2) is 7.14. The molecule has 1 aliphatic heterocycles. The summed E-state index contributed by atoms with van der Waals surface area (Å²) in [6.07, 6.45) is 1.93. The third kappa shape index (κ3) is 3.96. The van der Waals surface area contributed by atoms with E-state index in [0.717, 1.165) is 45.1 Å². The van der Waals surface area contributed by atoms with Gasteiger partial charge in [-0.3, -0.25) is 0 Å². The molecule has 0 amide bonds. The van der Waals surface area contributed by atoms with E-state index in [1.807, 2.05) is 6.34 Å². The first-order valence-corrected chi connectivity index (χ1v) is 7.04. The number of hydrogen-bond donors (Lipinski definition) is 0. The Kier molecular flexibility index (Phi) is 5.21. The van der Waals surface area contributed by atoms with Crippen LogP contribution in [0.4, 0.5) is 11.4 Å². The summed E-state index contributed by atoms with van der Waals surface area (Å²) in [6, 6.07) is 8.42. The van der Waals surface area contributed by atoms with E-state index in [1.165, 1.54) is 5.69 Å². The summed E-state index contributed by atoms with van der Waals surface area (Å²) >= 11 is 0. The number of rotatable bonds is 5. The summed E-state index contributed by atoms with van der Waals surface area (Å²) in [7, 11) is 0. The van der Waals surface area contributed by atoms with Gasteiger partial charge in [-0.05, 0) is 38.1 Å². The zero-order valence-electron chi connectivity index (χ0n) is 11.9. The Morgan fingerprint density at radius 3 is 2.37 bits per heavy atom. The fourth-order valence-electron chi connectivity index (χ4n) is 2.18. The molecule has 2 rings (SSSR count). The normalized spacial score (nSPS) is 16.0. The standard InChI is InChI=1S/C15H23N3O/c1-3-18(4-2)15-7-5-14(6-8-15)16-13-17-9-11-19-12-10-17/h5-8,13H,3-4,9-12H2,1-2H3. The van der Waals surface area contributed by atoms with Crippen LogP contribution in [0.15, 0.2) is 29.3 Å². The van der Waals surface area contributed by atoms with Gasteiger partial charge in [0.15, 0.2) is 0 Å². The van der Waals surface area contributed by atoms with Gasteiger partial charge in [0.2, 0.25) is 0 Å². The fourth-order valence-corrected chi connectivity index (χ4v) is 2.18. The Morgan fingerprint density at radius 2 is 1.79 bits per heavy atom. The fraction of sp³-hybridized carbons (Fsp3) is 0.533. The Bertz CT molecular complexity index is 392. The van der Waals surface area contributed by atoms with Crippen molar-refractivity contribution in [3.8, 4) is 0 Å². The van der Waals surface area contributed by atoms with Gasteiger partial charge in [0.1, 0.15) is 0 Å². The Hall–Kier alpha value is -1.55. The van der Waals surface area contributed by atoms with Gasteiger partial charge in [-0.1, -0.05) is 0 Å². The van der Waals surface area contributed by atoms with Crippen LogP contribution in [0.2, 0.25) is 0 Å². The summed E-state index contributed by atoms with van der Waals surface area (Å²) in [5.74, 6) is 0. The van der Waals surface area contributed by atoms with Crippen molar-refractivity contribution in [3.05, 3.63) is 24.3 Å². The van der Waals surface area contributed by atoms with Crippen molar-refractivity contribution in [2.45, 2.75) is 13.8 Å². The average molecular weight is 261 g/mol. The third-order valence-electron chi connectivity index (χ3n) is 3.39. The molecule has 0 aromatic heterocycles. The molecule has 1 saturated heterocycles. The second-order valence-corrected chi connectivity index (χ2v) is 4.58. The van der Waals surface area contributed by atoms with E-state index in [0.29, 0.717) is 0 Å². The first-order chi connectivity index (χ1) is 9.33. The molecule has 0 saturated carbocycles. The molecule has 0 N–H and O–H groups in total. The van der Waals surface area contributed by atoms with Crippen molar-refractivity contribution in [1.29, 1.82) is 0 Å². The highest BCUT2D eigenvalue weighted by molar-refractivity contribution is 5.63. The lowest BCUT2D eigenvalue weighted by Gasteiger charge is -2.24. The van der Waals surface area contributed by atoms with Crippen molar-refractivity contribution in [3.63, 3.8) is 0 Å². The topological polar surface area (TPSA) is 28.1 Å². The van der Waals surface area contributed by atoms with Crippen LogP contribution in [0.5, 0.6) is 0 Å². The van der Waals surface area contributed by atoms with Gasteiger partial charge >= 0.3 is 0 Å². The van der Waals surface area contributed by atoms with Gasteiger partial charge in [0, 0.05) is 31.9 Å². The Morgan fingerprint density at radius 1 is 1.16 bits per heavy atom. The number of hydrogen-bond acceptors (Lipinski definition) is 3. The van der Waals surface area contributed by atoms with Crippen LogP contribution in [0.1, 0.15) is 13.8 Å². The van der Waals surface area contributed by atoms with Crippen LogP contribution >= 0.6 is 0 Å². The molecule has 4 heteroatoms. The molecule has 4 nitrogen and oxygen atoms in total. The van der Waals surface area contributed by atoms with Crippen LogP contribution < -0.4 is 4.90 Å². The monoisotopic (exact) mass is 261 g/mol. The molecule has 0 unspecified atom stereocenters. The lowest BCUT2D eigenvalue weighted by atomic mass is 10.2. The molecule has 0 aliphatic carbocycles. The predicted octanol–water partition coefficient (Wildman–Crippen LogP) is 2.52. The van der Waals surface area contributed by atoms with Gasteiger partial charge < -0.3 is 14.5 Å². The van der Waals surface area contributed by atoms with Crippen LogP contribution in [-0.2, 0) is 4.74 Å². The minimum Gasteiger partial charge on any atom is -0.378 e. The SMILES string of the molecule is CCN(CC)c1ccc(N=CN2CCOCC2)cc1. The van der Waals surface area contributed by atoms with Crippen LogP contribution in [0, 0.1) is 0 Å². The lowest BCUT2D eigenvalue weighted by molar-refractivity contribution is 0.0701. The number of benzene rings is 1. The molecule has 19 heavy (non-hydrogen) atoms. The third-order valence-corrected chi connectivity index (χ3v) is 3.39. The van der Waals surface area contributed by atoms with E-state index in [1.54, 1.807) is 0 Å². The van der Waals surface area contributed by atoms with E-state index in [4.69, 9.17) is 4.74 Å². The quantitative estimate of drug-likeness (QED) is 0.602. The first-order valence-electron chi connectivity index (χ1n) is 7.04. The highest BCUT2D eigenvalue weighted by Crippen LogP contribution is 2.19. The van der Waals surface area contributed by atoms with Gasteiger partial charge in [0.05, 0.1) is 25.2 Å².